The Kier molecular flexibility index (Phi) is 5.62. The third kappa shape index (κ3) is 4.02. The van der Waals surface area contributed by atoms with Crippen LogP contribution in [0.4, 0.5) is 0 Å². The molecule has 3 rings (SSSR count). The quantitative estimate of drug-likeness (QED) is 0.858. The highest BCUT2D eigenvalue weighted by atomic mass is 16.5. The largest absolute Gasteiger partial charge is 0.375 e. The Bertz CT molecular complexity index is 700. The molecule has 1 atom stereocenters. The topological polar surface area (TPSA) is 50.4 Å². The van der Waals surface area contributed by atoms with Crippen LogP contribution in [0.1, 0.15) is 46.4 Å². The molecular weight excluding hydrogens is 300 g/mol. The molecule has 0 fully saturated rings. The van der Waals surface area contributed by atoms with Gasteiger partial charge in [0.05, 0.1) is 19.3 Å². The molecule has 24 heavy (non-hydrogen) atoms. The highest BCUT2D eigenvalue weighted by Gasteiger charge is 2.19. The Balaban J connectivity index is 1.64. The summed E-state index contributed by atoms with van der Waals surface area (Å²) in [5, 5.41) is 6.46. The van der Waals surface area contributed by atoms with Gasteiger partial charge in [-0.25, -0.2) is 0 Å². The number of rotatable bonds is 6. The van der Waals surface area contributed by atoms with Gasteiger partial charge in [0.1, 0.15) is 0 Å². The molecular formula is C20H24N2O2. The molecule has 1 aliphatic rings. The molecule has 4 heteroatoms. The molecule has 2 aromatic carbocycles. The Morgan fingerprint density at radius 3 is 2.96 bits per heavy atom. The third-order valence-corrected chi connectivity index (χ3v) is 4.25. The number of amides is 1. The Morgan fingerprint density at radius 2 is 2.08 bits per heavy atom. The van der Waals surface area contributed by atoms with Crippen molar-refractivity contribution in [3.63, 3.8) is 0 Å². The van der Waals surface area contributed by atoms with Crippen LogP contribution in [-0.2, 0) is 17.9 Å². The van der Waals surface area contributed by atoms with Gasteiger partial charge in [-0.3, -0.25) is 4.79 Å². The van der Waals surface area contributed by atoms with Gasteiger partial charge in [0, 0.05) is 18.7 Å². The second-order valence-electron chi connectivity index (χ2n) is 6.10. The first kappa shape index (κ1) is 16.7. The van der Waals surface area contributed by atoms with E-state index in [4.69, 9.17) is 4.74 Å². The van der Waals surface area contributed by atoms with E-state index in [0.29, 0.717) is 31.9 Å². The molecule has 0 saturated heterocycles. The van der Waals surface area contributed by atoms with Crippen LogP contribution in [0.3, 0.4) is 0 Å². The van der Waals surface area contributed by atoms with Gasteiger partial charge in [0.25, 0.3) is 5.91 Å². The third-order valence-electron chi connectivity index (χ3n) is 4.25. The average Bonchev–Trinajstić information content (AvgIpc) is 2.64. The summed E-state index contributed by atoms with van der Waals surface area (Å²) in [7, 11) is 0. The zero-order valence-corrected chi connectivity index (χ0v) is 14.0. The lowest BCUT2D eigenvalue weighted by Crippen LogP contribution is -2.29. The van der Waals surface area contributed by atoms with Gasteiger partial charge >= 0.3 is 0 Å². The maximum Gasteiger partial charge on any atom is 0.251 e. The van der Waals surface area contributed by atoms with Gasteiger partial charge in [-0.15, -0.1) is 0 Å². The lowest BCUT2D eigenvalue weighted by Gasteiger charge is -2.26. The molecule has 1 amide bonds. The molecule has 2 aromatic rings. The molecule has 0 radical (unpaired) electrons. The van der Waals surface area contributed by atoms with Crippen LogP contribution < -0.4 is 10.6 Å². The van der Waals surface area contributed by atoms with Gasteiger partial charge < -0.3 is 15.4 Å². The number of carbonyl (C=O) groups is 1. The van der Waals surface area contributed by atoms with Crippen LogP contribution in [-0.4, -0.2) is 19.1 Å². The van der Waals surface area contributed by atoms with Crippen molar-refractivity contribution in [3.05, 3.63) is 70.8 Å². The van der Waals surface area contributed by atoms with E-state index < -0.39 is 0 Å². The zero-order chi connectivity index (χ0) is 16.8. The number of carbonyl (C=O) groups excluding carboxylic acids is 1. The lowest BCUT2D eigenvalue weighted by atomic mass is 9.99. The summed E-state index contributed by atoms with van der Waals surface area (Å²) >= 11 is 0. The predicted molar refractivity (Wildman–Crippen MR) is 94.7 cm³/mol. The second-order valence-corrected chi connectivity index (χ2v) is 6.10. The monoisotopic (exact) mass is 324 g/mol. The van der Waals surface area contributed by atoms with Crippen LogP contribution in [0.2, 0.25) is 0 Å². The van der Waals surface area contributed by atoms with E-state index in [0.717, 1.165) is 12.0 Å². The van der Waals surface area contributed by atoms with Crippen LogP contribution in [0.25, 0.3) is 0 Å². The molecule has 0 spiro atoms. The summed E-state index contributed by atoms with van der Waals surface area (Å²) in [5.74, 6) is -0.00922. The second kappa shape index (κ2) is 8.08. The van der Waals surface area contributed by atoms with Gasteiger partial charge in [0.15, 0.2) is 0 Å². The van der Waals surface area contributed by atoms with Crippen molar-refractivity contribution in [3.8, 4) is 0 Å². The van der Waals surface area contributed by atoms with Crippen molar-refractivity contribution in [1.82, 2.24) is 10.6 Å². The summed E-state index contributed by atoms with van der Waals surface area (Å²) in [4.78, 5) is 12.1. The molecule has 0 saturated carbocycles. The Hall–Kier alpha value is -2.17. The van der Waals surface area contributed by atoms with Gasteiger partial charge in [-0.1, -0.05) is 43.3 Å². The number of ether oxygens (including phenoxy) is 1. The van der Waals surface area contributed by atoms with Gasteiger partial charge in [-0.05, 0) is 35.2 Å². The summed E-state index contributed by atoms with van der Waals surface area (Å²) in [6.07, 6.45) is 0.939. The number of hydrogen-bond acceptors (Lipinski definition) is 3. The average molecular weight is 324 g/mol. The highest BCUT2D eigenvalue weighted by Crippen LogP contribution is 2.24. The molecule has 1 aliphatic heterocycles. The zero-order valence-electron chi connectivity index (χ0n) is 14.0. The standard InChI is InChI=1S/C20H24N2O2/c1-2-10-21-20(23)16-8-5-6-15(11-16)12-22-19-14-24-13-17-7-3-4-9-18(17)19/h3-9,11,19,22H,2,10,12-14H2,1H3,(H,21,23). The maximum atomic E-state index is 12.1. The van der Waals surface area contributed by atoms with Crippen molar-refractivity contribution in [1.29, 1.82) is 0 Å². The van der Waals surface area contributed by atoms with Crippen molar-refractivity contribution < 1.29 is 9.53 Å². The first-order valence-electron chi connectivity index (χ1n) is 8.54. The SMILES string of the molecule is CCCNC(=O)c1cccc(CNC2COCc3ccccc32)c1. The van der Waals surface area contributed by atoms with Crippen molar-refractivity contribution in [2.45, 2.75) is 32.5 Å². The minimum Gasteiger partial charge on any atom is -0.375 e. The number of hydrogen-bond donors (Lipinski definition) is 2. The summed E-state index contributed by atoms with van der Waals surface area (Å²) in [6.45, 7) is 4.81. The molecule has 0 bridgehead atoms. The first-order chi connectivity index (χ1) is 11.8. The number of benzene rings is 2. The molecule has 0 aromatic heterocycles. The summed E-state index contributed by atoms with van der Waals surface area (Å²) in [6, 6.07) is 16.4. The molecule has 1 heterocycles. The van der Waals surface area contributed by atoms with Crippen molar-refractivity contribution >= 4 is 5.91 Å². The van der Waals surface area contributed by atoms with Crippen molar-refractivity contribution in [2.24, 2.45) is 0 Å². The molecule has 0 aliphatic carbocycles. The summed E-state index contributed by atoms with van der Waals surface area (Å²) < 4.78 is 5.68. The Morgan fingerprint density at radius 1 is 1.21 bits per heavy atom. The number of fused-ring (bicyclic) bond motifs is 1. The normalized spacial score (nSPS) is 16.5. The van der Waals surface area contributed by atoms with Crippen molar-refractivity contribution in [2.75, 3.05) is 13.2 Å². The highest BCUT2D eigenvalue weighted by molar-refractivity contribution is 5.94. The minimum atomic E-state index is -0.00922. The van der Waals surface area contributed by atoms with E-state index >= 15 is 0 Å². The van der Waals surface area contributed by atoms with E-state index in [1.807, 2.05) is 37.3 Å². The fourth-order valence-corrected chi connectivity index (χ4v) is 2.96. The van der Waals surface area contributed by atoms with Crippen LogP contribution in [0, 0.1) is 0 Å². The van der Waals surface area contributed by atoms with E-state index in [2.05, 4.69) is 28.8 Å². The van der Waals surface area contributed by atoms with E-state index in [1.165, 1.54) is 11.1 Å². The molecule has 4 nitrogen and oxygen atoms in total. The predicted octanol–water partition coefficient (Wildman–Crippen LogP) is 3.19. The maximum absolute atomic E-state index is 12.1. The Labute approximate surface area is 143 Å². The van der Waals surface area contributed by atoms with Gasteiger partial charge in [-0.2, -0.15) is 0 Å². The van der Waals surface area contributed by atoms with E-state index in [-0.39, 0.29) is 11.9 Å². The van der Waals surface area contributed by atoms with Crippen LogP contribution in [0.5, 0.6) is 0 Å². The smallest absolute Gasteiger partial charge is 0.251 e. The molecule has 1 unspecified atom stereocenters. The van der Waals surface area contributed by atoms with Gasteiger partial charge in [0.2, 0.25) is 0 Å². The lowest BCUT2D eigenvalue weighted by molar-refractivity contribution is 0.0816. The van der Waals surface area contributed by atoms with E-state index in [9.17, 15) is 4.79 Å². The summed E-state index contributed by atoms with van der Waals surface area (Å²) in [5.41, 5.74) is 4.36. The fraction of sp³-hybridized carbons (Fsp3) is 0.350. The fourth-order valence-electron chi connectivity index (χ4n) is 2.96. The van der Waals surface area contributed by atoms with E-state index in [1.54, 1.807) is 0 Å². The molecule has 126 valence electrons. The minimum absolute atomic E-state index is 0.00922. The molecule has 2 N–H and O–H groups in total. The van der Waals surface area contributed by atoms with Crippen LogP contribution >= 0.6 is 0 Å². The number of nitrogens with one attached hydrogen (secondary N) is 2. The first-order valence-corrected chi connectivity index (χ1v) is 8.54. The van der Waals surface area contributed by atoms with Crippen LogP contribution in [0.15, 0.2) is 48.5 Å².